The first-order valence-corrected chi connectivity index (χ1v) is 5.92. The summed E-state index contributed by atoms with van der Waals surface area (Å²) in [7, 11) is 0. The van der Waals surface area contributed by atoms with Gasteiger partial charge in [-0.25, -0.2) is 8.78 Å². The van der Waals surface area contributed by atoms with Crippen molar-refractivity contribution in [3.05, 3.63) is 35.4 Å². The van der Waals surface area contributed by atoms with Gasteiger partial charge in [0.05, 0.1) is 6.61 Å². The molecule has 1 aliphatic carbocycles. The maximum Gasteiger partial charge on any atom is 0.261 e. The molecule has 0 aromatic heterocycles. The predicted molar refractivity (Wildman–Crippen MR) is 62.5 cm³/mol. The second kappa shape index (κ2) is 6.07. The maximum atomic E-state index is 11.8. The Balaban J connectivity index is 1.63. The van der Waals surface area contributed by atoms with Gasteiger partial charge in [-0.3, -0.25) is 0 Å². The molecule has 1 aromatic rings. The summed E-state index contributed by atoms with van der Waals surface area (Å²) in [6, 6.07) is 8.80. The summed E-state index contributed by atoms with van der Waals surface area (Å²) in [5, 5.41) is 3.33. The summed E-state index contributed by atoms with van der Waals surface area (Å²) in [6.45, 7) is 0.509. The third-order valence-electron chi connectivity index (χ3n) is 2.97. The van der Waals surface area contributed by atoms with E-state index in [9.17, 15) is 8.78 Å². The zero-order valence-electron chi connectivity index (χ0n) is 9.66. The second-order valence-corrected chi connectivity index (χ2v) is 4.29. The summed E-state index contributed by atoms with van der Waals surface area (Å²) in [6.07, 6.45) is -0.332. The third kappa shape index (κ3) is 3.75. The van der Waals surface area contributed by atoms with E-state index in [4.69, 9.17) is 4.74 Å². The van der Waals surface area contributed by atoms with Crippen LogP contribution in [0.5, 0.6) is 0 Å². The molecule has 0 unspecified atom stereocenters. The van der Waals surface area contributed by atoms with Crippen molar-refractivity contribution in [1.29, 1.82) is 0 Å². The van der Waals surface area contributed by atoms with Crippen molar-refractivity contribution in [1.82, 2.24) is 5.32 Å². The molecule has 1 aromatic carbocycles. The number of hydrogen-bond donors (Lipinski definition) is 1. The molecule has 0 saturated heterocycles. The number of hydrogen-bond acceptors (Lipinski definition) is 2. The molecule has 2 nitrogen and oxygen atoms in total. The van der Waals surface area contributed by atoms with Crippen molar-refractivity contribution in [3.63, 3.8) is 0 Å². The summed E-state index contributed by atoms with van der Waals surface area (Å²) in [5.41, 5.74) is 2.77. The van der Waals surface area contributed by atoms with Crippen LogP contribution in [0, 0.1) is 0 Å². The molecule has 0 bridgehead atoms. The van der Waals surface area contributed by atoms with E-state index in [0.29, 0.717) is 19.2 Å². The SMILES string of the molecule is FC(F)COCCNC1Cc2ccccc2C1. The molecular weight excluding hydrogens is 224 g/mol. The van der Waals surface area contributed by atoms with Crippen LogP contribution < -0.4 is 5.32 Å². The van der Waals surface area contributed by atoms with E-state index in [-0.39, 0.29) is 0 Å². The van der Waals surface area contributed by atoms with E-state index in [0.717, 1.165) is 12.8 Å². The normalized spacial score (nSPS) is 15.5. The number of alkyl halides is 2. The van der Waals surface area contributed by atoms with Crippen LogP contribution in [0.15, 0.2) is 24.3 Å². The van der Waals surface area contributed by atoms with Crippen molar-refractivity contribution in [2.24, 2.45) is 0 Å². The largest absolute Gasteiger partial charge is 0.374 e. The van der Waals surface area contributed by atoms with Gasteiger partial charge in [-0.15, -0.1) is 0 Å². The Morgan fingerprint density at radius 2 is 1.88 bits per heavy atom. The molecule has 0 heterocycles. The first-order chi connectivity index (χ1) is 8.25. The fourth-order valence-electron chi connectivity index (χ4n) is 2.21. The van der Waals surface area contributed by atoms with Crippen molar-refractivity contribution >= 4 is 0 Å². The Morgan fingerprint density at radius 3 is 2.47 bits per heavy atom. The molecule has 0 radical (unpaired) electrons. The average Bonchev–Trinajstić information content (AvgIpc) is 2.70. The molecule has 0 aliphatic heterocycles. The molecule has 94 valence electrons. The van der Waals surface area contributed by atoms with Crippen LogP contribution >= 0.6 is 0 Å². The topological polar surface area (TPSA) is 21.3 Å². The lowest BCUT2D eigenvalue weighted by atomic mass is 10.1. The van der Waals surface area contributed by atoms with Gasteiger partial charge in [0.1, 0.15) is 6.61 Å². The molecule has 0 atom stereocenters. The van der Waals surface area contributed by atoms with Gasteiger partial charge in [0, 0.05) is 12.6 Å². The average molecular weight is 241 g/mol. The van der Waals surface area contributed by atoms with E-state index in [1.54, 1.807) is 0 Å². The highest BCUT2D eigenvalue weighted by Gasteiger charge is 2.19. The highest BCUT2D eigenvalue weighted by molar-refractivity contribution is 5.33. The van der Waals surface area contributed by atoms with Crippen LogP contribution in [-0.2, 0) is 17.6 Å². The quantitative estimate of drug-likeness (QED) is 0.769. The van der Waals surface area contributed by atoms with Crippen molar-refractivity contribution in [3.8, 4) is 0 Å². The van der Waals surface area contributed by atoms with Crippen molar-refractivity contribution in [2.75, 3.05) is 19.8 Å². The molecule has 1 N–H and O–H groups in total. The van der Waals surface area contributed by atoms with E-state index in [2.05, 4.69) is 17.4 Å². The fraction of sp³-hybridized carbons (Fsp3) is 0.538. The Labute approximate surface area is 100.0 Å². The van der Waals surface area contributed by atoms with Gasteiger partial charge in [0.15, 0.2) is 0 Å². The minimum absolute atomic E-state index is 0.344. The molecule has 17 heavy (non-hydrogen) atoms. The van der Waals surface area contributed by atoms with E-state index in [1.807, 2.05) is 12.1 Å². The molecule has 0 amide bonds. The monoisotopic (exact) mass is 241 g/mol. The highest BCUT2D eigenvalue weighted by Crippen LogP contribution is 2.21. The van der Waals surface area contributed by atoms with E-state index >= 15 is 0 Å². The molecule has 2 rings (SSSR count). The number of benzene rings is 1. The molecule has 0 fully saturated rings. The molecule has 1 aliphatic rings. The van der Waals surface area contributed by atoms with Crippen molar-refractivity contribution < 1.29 is 13.5 Å². The summed E-state index contributed by atoms with van der Waals surface area (Å²) < 4.78 is 28.4. The standard InChI is InChI=1S/C13H17F2NO/c14-13(15)9-17-6-5-16-12-7-10-3-1-2-4-11(10)8-12/h1-4,12-13,16H,5-9H2. The molecule has 0 saturated carbocycles. The van der Waals surface area contributed by atoms with Gasteiger partial charge in [-0.05, 0) is 24.0 Å². The van der Waals surface area contributed by atoms with Crippen LogP contribution in [0.1, 0.15) is 11.1 Å². The predicted octanol–water partition coefficient (Wildman–Crippen LogP) is 2.03. The van der Waals surface area contributed by atoms with E-state index in [1.165, 1.54) is 11.1 Å². The number of halogens is 2. The zero-order valence-corrected chi connectivity index (χ0v) is 9.66. The van der Waals surface area contributed by atoms with Gasteiger partial charge in [0.25, 0.3) is 6.43 Å². The third-order valence-corrected chi connectivity index (χ3v) is 2.97. The fourth-order valence-corrected chi connectivity index (χ4v) is 2.21. The lowest BCUT2D eigenvalue weighted by Gasteiger charge is -2.11. The summed E-state index contributed by atoms with van der Waals surface area (Å²) in [5.74, 6) is 0. The van der Waals surface area contributed by atoms with Crippen molar-refractivity contribution in [2.45, 2.75) is 25.3 Å². The van der Waals surface area contributed by atoms with Crippen LogP contribution in [0.25, 0.3) is 0 Å². The Morgan fingerprint density at radius 1 is 1.24 bits per heavy atom. The van der Waals surface area contributed by atoms with Crippen LogP contribution in [0.2, 0.25) is 0 Å². The highest BCUT2D eigenvalue weighted by atomic mass is 19.3. The van der Waals surface area contributed by atoms with Gasteiger partial charge < -0.3 is 10.1 Å². The lowest BCUT2D eigenvalue weighted by Crippen LogP contribution is -2.32. The minimum atomic E-state index is -2.37. The van der Waals surface area contributed by atoms with Crippen LogP contribution in [0.3, 0.4) is 0 Å². The number of ether oxygens (including phenoxy) is 1. The van der Waals surface area contributed by atoms with Crippen LogP contribution in [0.4, 0.5) is 8.78 Å². The minimum Gasteiger partial charge on any atom is -0.374 e. The lowest BCUT2D eigenvalue weighted by molar-refractivity contribution is 0.0183. The Bertz CT molecular complexity index is 332. The second-order valence-electron chi connectivity index (χ2n) is 4.29. The van der Waals surface area contributed by atoms with E-state index < -0.39 is 13.0 Å². The van der Waals surface area contributed by atoms with Crippen LogP contribution in [-0.4, -0.2) is 32.2 Å². The molecule has 4 heteroatoms. The first kappa shape index (κ1) is 12.5. The number of rotatable bonds is 6. The first-order valence-electron chi connectivity index (χ1n) is 5.92. The van der Waals surface area contributed by atoms with Gasteiger partial charge >= 0.3 is 0 Å². The zero-order chi connectivity index (χ0) is 12.1. The Hall–Kier alpha value is -1.00. The number of nitrogens with one attached hydrogen (secondary N) is 1. The number of fused-ring (bicyclic) bond motifs is 1. The molecular formula is C13H17F2NO. The maximum absolute atomic E-state index is 11.8. The van der Waals surface area contributed by atoms with Gasteiger partial charge in [-0.2, -0.15) is 0 Å². The van der Waals surface area contributed by atoms with Gasteiger partial charge in [-0.1, -0.05) is 24.3 Å². The summed E-state index contributed by atoms with van der Waals surface area (Å²) >= 11 is 0. The summed E-state index contributed by atoms with van der Waals surface area (Å²) in [4.78, 5) is 0. The van der Waals surface area contributed by atoms with Gasteiger partial charge in [0.2, 0.25) is 0 Å². The smallest absolute Gasteiger partial charge is 0.261 e. The Kier molecular flexibility index (Phi) is 4.45. The molecule has 0 spiro atoms.